The highest BCUT2D eigenvalue weighted by Gasteiger charge is 2.21. The lowest BCUT2D eigenvalue weighted by molar-refractivity contribution is 0.0663. The summed E-state index contributed by atoms with van der Waals surface area (Å²) in [5.41, 5.74) is 1.55. The van der Waals surface area contributed by atoms with E-state index in [2.05, 4.69) is 4.90 Å². The average molecular weight is 412 g/mol. The van der Waals surface area contributed by atoms with Crippen molar-refractivity contribution in [2.45, 2.75) is 13.0 Å². The smallest absolute Gasteiger partial charge is 0.336 e. The van der Waals surface area contributed by atoms with Gasteiger partial charge < -0.3 is 19.2 Å². The third-order valence-corrected chi connectivity index (χ3v) is 5.40. The molecular formula is C23H25FN2O4. The molecular weight excluding hydrogens is 387 g/mol. The van der Waals surface area contributed by atoms with Crippen molar-refractivity contribution in [2.75, 3.05) is 44.2 Å². The summed E-state index contributed by atoms with van der Waals surface area (Å²) >= 11 is 0. The third kappa shape index (κ3) is 4.63. The van der Waals surface area contributed by atoms with Gasteiger partial charge in [-0.2, -0.15) is 0 Å². The normalized spacial score (nSPS) is 16.0. The Balaban J connectivity index is 1.28. The van der Waals surface area contributed by atoms with Crippen LogP contribution in [-0.4, -0.2) is 55.4 Å². The van der Waals surface area contributed by atoms with E-state index in [0.29, 0.717) is 36.7 Å². The quantitative estimate of drug-likeness (QED) is 0.628. The first-order valence-corrected chi connectivity index (χ1v) is 10.1. The lowest BCUT2D eigenvalue weighted by atomic mass is 10.1. The summed E-state index contributed by atoms with van der Waals surface area (Å²) in [5.74, 6) is 0.334. The van der Waals surface area contributed by atoms with Gasteiger partial charge in [-0.15, -0.1) is 0 Å². The van der Waals surface area contributed by atoms with Crippen LogP contribution in [-0.2, 0) is 0 Å². The average Bonchev–Trinajstić information content (AvgIpc) is 2.73. The van der Waals surface area contributed by atoms with Gasteiger partial charge in [0.15, 0.2) is 0 Å². The van der Waals surface area contributed by atoms with Gasteiger partial charge in [0.2, 0.25) is 0 Å². The van der Waals surface area contributed by atoms with Crippen LogP contribution < -0.4 is 15.3 Å². The maximum absolute atomic E-state index is 13.9. The molecule has 158 valence electrons. The molecule has 0 spiro atoms. The van der Waals surface area contributed by atoms with Gasteiger partial charge in [0.25, 0.3) is 0 Å². The number of hydrogen-bond donors (Lipinski definition) is 1. The number of ether oxygens (including phenoxy) is 1. The minimum absolute atomic E-state index is 0.134. The highest BCUT2D eigenvalue weighted by atomic mass is 19.1. The number of β-amino-alcohol motifs (C(OH)–C–C–N with tert-alkyl or cyclic N) is 1. The molecule has 1 atom stereocenters. The Hall–Kier alpha value is -2.90. The van der Waals surface area contributed by atoms with Gasteiger partial charge in [0, 0.05) is 50.2 Å². The van der Waals surface area contributed by atoms with Crippen molar-refractivity contribution in [3.05, 3.63) is 70.3 Å². The summed E-state index contributed by atoms with van der Waals surface area (Å²) in [7, 11) is 0. The Bertz CT molecular complexity index is 1080. The molecule has 1 aliphatic rings. The van der Waals surface area contributed by atoms with Gasteiger partial charge in [-0.05, 0) is 36.8 Å². The second kappa shape index (κ2) is 8.85. The van der Waals surface area contributed by atoms with E-state index in [0.717, 1.165) is 24.0 Å². The fourth-order valence-corrected chi connectivity index (χ4v) is 3.82. The summed E-state index contributed by atoms with van der Waals surface area (Å²) in [5, 5.41) is 11.2. The first-order valence-electron chi connectivity index (χ1n) is 10.1. The summed E-state index contributed by atoms with van der Waals surface area (Å²) in [4.78, 5) is 15.7. The van der Waals surface area contributed by atoms with Crippen molar-refractivity contribution in [1.82, 2.24) is 4.90 Å². The van der Waals surface area contributed by atoms with Crippen LogP contribution in [0.1, 0.15) is 5.56 Å². The van der Waals surface area contributed by atoms with Crippen LogP contribution in [0.5, 0.6) is 5.75 Å². The van der Waals surface area contributed by atoms with E-state index >= 15 is 0 Å². The topological polar surface area (TPSA) is 66.2 Å². The van der Waals surface area contributed by atoms with Crippen LogP contribution in [0.2, 0.25) is 0 Å². The molecule has 0 radical (unpaired) electrons. The van der Waals surface area contributed by atoms with Gasteiger partial charge in [-0.3, -0.25) is 4.90 Å². The second-order valence-electron chi connectivity index (χ2n) is 7.61. The molecule has 0 saturated carbocycles. The van der Waals surface area contributed by atoms with Crippen LogP contribution in [0, 0.1) is 12.7 Å². The molecule has 1 aliphatic heterocycles. The minimum Gasteiger partial charge on any atom is -0.491 e. The van der Waals surface area contributed by atoms with Gasteiger partial charge >= 0.3 is 5.63 Å². The lowest BCUT2D eigenvalue weighted by Gasteiger charge is -2.36. The predicted molar refractivity (Wildman–Crippen MR) is 114 cm³/mol. The maximum atomic E-state index is 13.9. The summed E-state index contributed by atoms with van der Waals surface area (Å²) < 4.78 is 24.9. The number of aliphatic hydroxyl groups excluding tert-OH is 1. The van der Waals surface area contributed by atoms with Gasteiger partial charge in [0.05, 0.1) is 5.69 Å². The Labute approximate surface area is 174 Å². The van der Waals surface area contributed by atoms with Crippen molar-refractivity contribution in [2.24, 2.45) is 0 Å². The molecule has 1 unspecified atom stereocenters. The van der Waals surface area contributed by atoms with Crippen LogP contribution in [0.25, 0.3) is 11.0 Å². The number of halogens is 1. The van der Waals surface area contributed by atoms with Crippen molar-refractivity contribution in [1.29, 1.82) is 0 Å². The van der Waals surface area contributed by atoms with Crippen LogP contribution in [0.15, 0.2) is 57.7 Å². The van der Waals surface area contributed by atoms with Gasteiger partial charge in [-0.25, -0.2) is 9.18 Å². The van der Waals surface area contributed by atoms with Crippen molar-refractivity contribution in [3.8, 4) is 5.75 Å². The van der Waals surface area contributed by atoms with E-state index in [1.165, 1.54) is 12.1 Å². The second-order valence-corrected chi connectivity index (χ2v) is 7.61. The van der Waals surface area contributed by atoms with E-state index in [1.807, 2.05) is 24.0 Å². The molecule has 1 N–H and O–H groups in total. The molecule has 0 aliphatic carbocycles. The standard InChI is InChI=1S/C23H25FN2O4/c1-16-12-23(28)30-22-13-18(6-7-19(16)22)29-15-17(27)14-25-8-10-26(11-9-25)21-5-3-2-4-20(21)24/h2-7,12-13,17,27H,8-11,14-15H2,1H3. The predicted octanol–water partition coefficient (Wildman–Crippen LogP) is 2.80. The number of aliphatic hydroxyl groups is 1. The largest absolute Gasteiger partial charge is 0.491 e. The third-order valence-electron chi connectivity index (χ3n) is 5.40. The molecule has 1 aromatic heterocycles. The molecule has 2 aromatic carbocycles. The number of anilines is 1. The van der Waals surface area contributed by atoms with Gasteiger partial charge in [-0.1, -0.05) is 12.1 Å². The number of fused-ring (bicyclic) bond motifs is 1. The number of nitrogens with zero attached hydrogens (tertiary/aromatic N) is 2. The highest BCUT2D eigenvalue weighted by Crippen LogP contribution is 2.23. The Morgan fingerprint density at radius 2 is 1.90 bits per heavy atom. The van der Waals surface area contributed by atoms with Crippen molar-refractivity contribution in [3.63, 3.8) is 0 Å². The summed E-state index contributed by atoms with van der Waals surface area (Å²) in [6.45, 7) is 5.37. The Morgan fingerprint density at radius 3 is 2.67 bits per heavy atom. The zero-order valence-corrected chi connectivity index (χ0v) is 16.9. The first kappa shape index (κ1) is 20.4. The fourth-order valence-electron chi connectivity index (χ4n) is 3.82. The summed E-state index contributed by atoms with van der Waals surface area (Å²) in [6.07, 6.45) is -0.662. The molecule has 0 amide bonds. The number of aryl methyl sites for hydroxylation is 1. The van der Waals surface area contributed by atoms with Gasteiger partial charge in [0.1, 0.15) is 29.9 Å². The maximum Gasteiger partial charge on any atom is 0.336 e. The monoisotopic (exact) mass is 412 g/mol. The first-order chi connectivity index (χ1) is 14.5. The van der Waals surface area contributed by atoms with E-state index in [-0.39, 0.29) is 12.4 Å². The zero-order chi connectivity index (χ0) is 21.1. The Morgan fingerprint density at radius 1 is 1.13 bits per heavy atom. The van der Waals surface area contributed by atoms with Crippen molar-refractivity contribution < 1.29 is 18.7 Å². The van der Waals surface area contributed by atoms with E-state index in [9.17, 15) is 14.3 Å². The molecule has 1 fully saturated rings. The molecule has 2 heterocycles. The van der Waals surface area contributed by atoms with Crippen molar-refractivity contribution >= 4 is 16.7 Å². The molecule has 6 nitrogen and oxygen atoms in total. The van der Waals surface area contributed by atoms with Crippen LogP contribution in [0.4, 0.5) is 10.1 Å². The molecule has 4 rings (SSSR count). The number of benzene rings is 2. The van der Waals surface area contributed by atoms with E-state index in [1.54, 1.807) is 24.3 Å². The number of hydrogen-bond acceptors (Lipinski definition) is 6. The SMILES string of the molecule is Cc1cc(=O)oc2cc(OCC(O)CN3CCN(c4ccccc4F)CC3)ccc12. The fraction of sp³-hybridized carbons (Fsp3) is 0.348. The van der Waals surface area contributed by atoms with E-state index in [4.69, 9.17) is 9.15 Å². The van der Waals surface area contributed by atoms with Crippen LogP contribution >= 0.6 is 0 Å². The number of rotatable bonds is 6. The Kier molecular flexibility index (Phi) is 6.01. The molecule has 0 bridgehead atoms. The number of para-hydroxylation sites is 1. The lowest BCUT2D eigenvalue weighted by Crippen LogP contribution is -2.49. The molecule has 1 saturated heterocycles. The highest BCUT2D eigenvalue weighted by molar-refractivity contribution is 5.81. The summed E-state index contributed by atoms with van der Waals surface area (Å²) in [6, 6.07) is 13.6. The van der Waals surface area contributed by atoms with E-state index < -0.39 is 11.7 Å². The minimum atomic E-state index is -0.662. The number of piperazine rings is 1. The molecule has 3 aromatic rings. The molecule has 30 heavy (non-hydrogen) atoms. The van der Waals surface area contributed by atoms with Crippen LogP contribution in [0.3, 0.4) is 0 Å². The molecule has 7 heteroatoms. The zero-order valence-electron chi connectivity index (χ0n) is 16.9.